The van der Waals surface area contributed by atoms with Gasteiger partial charge in [-0.2, -0.15) is 0 Å². The van der Waals surface area contributed by atoms with Crippen molar-refractivity contribution in [2.75, 3.05) is 5.32 Å². The molecule has 0 unspecified atom stereocenters. The third kappa shape index (κ3) is 3.06. The van der Waals surface area contributed by atoms with Crippen molar-refractivity contribution in [3.63, 3.8) is 0 Å². The van der Waals surface area contributed by atoms with E-state index >= 15 is 0 Å². The molecule has 0 saturated carbocycles. The summed E-state index contributed by atoms with van der Waals surface area (Å²) in [5.41, 5.74) is 7.09. The van der Waals surface area contributed by atoms with E-state index in [4.69, 9.17) is 5.73 Å². The number of primary amides is 1. The van der Waals surface area contributed by atoms with Crippen molar-refractivity contribution < 1.29 is 9.59 Å². The number of hydrogen-bond acceptors (Lipinski definition) is 3. The molecule has 6 heteroatoms. The van der Waals surface area contributed by atoms with Crippen LogP contribution in [0, 0.1) is 0 Å². The van der Waals surface area contributed by atoms with Gasteiger partial charge in [-0.25, -0.2) is 0 Å². The van der Waals surface area contributed by atoms with Crippen LogP contribution >= 0.6 is 11.3 Å². The van der Waals surface area contributed by atoms with Crippen molar-refractivity contribution in [2.45, 2.75) is 38.6 Å². The summed E-state index contributed by atoms with van der Waals surface area (Å²) in [6.07, 6.45) is 8.27. The Labute approximate surface area is 133 Å². The maximum Gasteiger partial charge on any atom is 0.251 e. The van der Waals surface area contributed by atoms with Gasteiger partial charge in [0.05, 0.1) is 5.56 Å². The van der Waals surface area contributed by atoms with E-state index in [1.807, 2.05) is 29.1 Å². The Morgan fingerprint density at radius 2 is 1.95 bits per heavy atom. The molecule has 0 fully saturated rings. The predicted octanol–water partition coefficient (Wildman–Crippen LogP) is 2.56. The third-order valence-corrected chi connectivity index (χ3v) is 5.14. The van der Waals surface area contributed by atoms with Gasteiger partial charge in [0.25, 0.3) is 5.91 Å². The van der Waals surface area contributed by atoms with Crippen LogP contribution in [0.25, 0.3) is 0 Å². The Hall–Kier alpha value is -2.08. The highest BCUT2D eigenvalue weighted by molar-refractivity contribution is 7.17. The smallest absolute Gasteiger partial charge is 0.251 e. The number of thiophene rings is 1. The second-order valence-electron chi connectivity index (χ2n) is 5.50. The Kier molecular flexibility index (Phi) is 4.29. The second-order valence-corrected chi connectivity index (χ2v) is 6.60. The highest BCUT2D eigenvalue weighted by atomic mass is 32.1. The lowest BCUT2D eigenvalue weighted by molar-refractivity contribution is -0.116. The van der Waals surface area contributed by atoms with Crippen LogP contribution in [0.1, 0.15) is 40.1 Å². The Balaban J connectivity index is 1.72. The van der Waals surface area contributed by atoms with Crippen LogP contribution < -0.4 is 11.1 Å². The first kappa shape index (κ1) is 14.8. The first-order chi connectivity index (χ1) is 10.6. The molecule has 22 heavy (non-hydrogen) atoms. The molecule has 2 heterocycles. The zero-order valence-corrected chi connectivity index (χ0v) is 13.1. The van der Waals surface area contributed by atoms with E-state index in [1.165, 1.54) is 16.2 Å². The number of fused-ring (bicyclic) bond motifs is 1. The third-order valence-electron chi connectivity index (χ3n) is 3.93. The lowest BCUT2D eigenvalue weighted by Crippen LogP contribution is -2.19. The van der Waals surface area contributed by atoms with Gasteiger partial charge in [0, 0.05) is 30.2 Å². The number of aromatic nitrogens is 1. The van der Waals surface area contributed by atoms with Crippen LogP contribution in [0.3, 0.4) is 0 Å². The molecule has 1 aliphatic carbocycles. The van der Waals surface area contributed by atoms with E-state index in [1.54, 1.807) is 0 Å². The van der Waals surface area contributed by atoms with Crippen LogP contribution in [-0.2, 0) is 24.2 Å². The maximum atomic E-state index is 12.1. The molecule has 0 aromatic carbocycles. The fourth-order valence-corrected chi connectivity index (χ4v) is 4.16. The number of nitrogens with two attached hydrogens (primary N) is 1. The molecule has 5 nitrogen and oxygen atoms in total. The molecule has 3 N–H and O–H groups in total. The standard InChI is InChI=1S/C16H19N3O2S/c17-15(21)14-11-5-1-2-6-12(11)22-16(14)18-13(20)7-10-19-8-3-4-9-19/h3-4,8-9H,1-2,5-7,10H2,(H2,17,21)(H,18,20). The summed E-state index contributed by atoms with van der Waals surface area (Å²) in [7, 11) is 0. The number of rotatable bonds is 5. The molecular weight excluding hydrogens is 298 g/mol. The number of amides is 2. The number of nitrogens with one attached hydrogen (secondary N) is 1. The quantitative estimate of drug-likeness (QED) is 0.889. The van der Waals surface area contributed by atoms with Gasteiger partial charge in [-0.05, 0) is 43.4 Å². The largest absolute Gasteiger partial charge is 0.365 e. The highest BCUT2D eigenvalue weighted by Crippen LogP contribution is 2.37. The zero-order valence-electron chi connectivity index (χ0n) is 12.3. The molecule has 116 valence electrons. The lowest BCUT2D eigenvalue weighted by atomic mass is 9.95. The summed E-state index contributed by atoms with van der Waals surface area (Å²) >= 11 is 1.50. The van der Waals surface area contributed by atoms with Crippen molar-refractivity contribution in [2.24, 2.45) is 5.73 Å². The normalized spacial score (nSPS) is 13.6. The number of carbonyl (C=O) groups excluding carboxylic acids is 2. The summed E-state index contributed by atoms with van der Waals surface area (Å²) in [4.78, 5) is 25.1. The molecule has 0 saturated heterocycles. The van der Waals surface area contributed by atoms with Gasteiger partial charge in [-0.3, -0.25) is 9.59 Å². The van der Waals surface area contributed by atoms with Crippen LogP contribution in [0.2, 0.25) is 0 Å². The van der Waals surface area contributed by atoms with Gasteiger partial charge in [-0.15, -0.1) is 11.3 Å². The SMILES string of the molecule is NC(=O)c1c(NC(=O)CCn2cccc2)sc2c1CCCC2. The van der Waals surface area contributed by atoms with Crippen LogP contribution in [0.4, 0.5) is 5.00 Å². The summed E-state index contributed by atoms with van der Waals surface area (Å²) in [6, 6.07) is 3.85. The summed E-state index contributed by atoms with van der Waals surface area (Å²) in [5.74, 6) is -0.532. The predicted molar refractivity (Wildman–Crippen MR) is 87.2 cm³/mol. The number of aryl methyl sites for hydroxylation is 2. The van der Waals surface area contributed by atoms with Crippen molar-refractivity contribution in [1.82, 2.24) is 4.57 Å². The minimum Gasteiger partial charge on any atom is -0.365 e. The van der Waals surface area contributed by atoms with E-state index in [0.29, 0.717) is 23.5 Å². The van der Waals surface area contributed by atoms with Gasteiger partial charge < -0.3 is 15.6 Å². The molecule has 2 aromatic rings. The zero-order chi connectivity index (χ0) is 15.5. The van der Waals surface area contributed by atoms with E-state index in [-0.39, 0.29) is 5.91 Å². The molecule has 0 aliphatic heterocycles. The summed E-state index contributed by atoms with van der Waals surface area (Å²) < 4.78 is 1.95. The molecule has 0 radical (unpaired) electrons. The Morgan fingerprint density at radius 3 is 2.68 bits per heavy atom. The maximum absolute atomic E-state index is 12.1. The summed E-state index contributed by atoms with van der Waals surface area (Å²) in [6.45, 7) is 0.621. The van der Waals surface area contributed by atoms with Gasteiger partial charge >= 0.3 is 0 Å². The average Bonchev–Trinajstić information content (AvgIpc) is 3.11. The topological polar surface area (TPSA) is 77.1 Å². The molecule has 2 amide bonds. The van der Waals surface area contributed by atoms with Crippen LogP contribution in [0.5, 0.6) is 0 Å². The van der Waals surface area contributed by atoms with Crippen molar-refractivity contribution in [3.05, 3.63) is 40.5 Å². The second kappa shape index (κ2) is 6.36. The highest BCUT2D eigenvalue weighted by Gasteiger charge is 2.24. The number of anilines is 1. The minimum atomic E-state index is -0.444. The molecule has 3 rings (SSSR count). The first-order valence-corrected chi connectivity index (χ1v) is 8.31. The van der Waals surface area contributed by atoms with Crippen LogP contribution in [0.15, 0.2) is 24.5 Å². The van der Waals surface area contributed by atoms with Gasteiger partial charge in [0.1, 0.15) is 5.00 Å². The first-order valence-electron chi connectivity index (χ1n) is 7.50. The van der Waals surface area contributed by atoms with E-state index in [2.05, 4.69) is 5.32 Å². The van der Waals surface area contributed by atoms with Gasteiger partial charge in [0.15, 0.2) is 0 Å². The van der Waals surface area contributed by atoms with Gasteiger partial charge in [-0.1, -0.05) is 0 Å². The van der Waals surface area contributed by atoms with E-state index in [9.17, 15) is 9.59 Å². The fraction of sp³-hybridized carbons (Fsp3) is 0.375. The minimum absolute atomic E-state index is 0.0882. The molecule has 0 spiro atoms. The Bertz CT molecular complexity index is 689. The van der Waals surface area contributed by atoms with Crippen molar-refractivity contribution >= 4 is 28.2 Å². The van der Waals surface area contributed by atoms with Crippen molar-refractivity contribution in [3.8, 4) is 0 Å². The van der Waals surface area contributed by atoms with E-state index in [0.717, 1.165) is 31.2 Å². The fourth-order valence-electron chi connectivity index (χ4n) is 2.85. The molecular formula is C16H19N3O2S. The average molecular weight is 317 g/mol. The molecule has 0 bridgehead atoms. The molecule has 1 aliphatic rings. The number of nitrogens with zero attached hydrogens (tertiary/aromatic N) is 1. The number of hydrogen-bond donors (Lipinski definition) is 2. The Morgan fingerprint density at radius 1 is 1.23 bits per heavy atom. The molecule has 2 aromatic heterocycles. The van der Waals surface area contributed by atoms with Crippen LogP contribution in [-0.4, -0.2) is 16.4 Å². The van der Waals surface area contributed by atoms with E-state index < -0.39 is 5.91 Å². The molecule has 0 atom stereocenters. The van der Waals surface area contributed by atoms with Gasteiger partial charge in [0.2, 0.25) is 5.91 Å². The van der Waals surface area contributed by atoms with Crippen molar-refractivity contribution in [1.29, 1.82) is 0 Å². The monoisotopic (exact) mass is 317 g/mol. The lowest BCUT2D eigenvalue weighted by Gasteiger charge is -2.11. The number of carbonyl (C=O) groups is 2. The summed E-state index contributed by atoms with van der Waals surface area (Å²) in [5, 5.41) is 3.50.